The molecule has 0 bridgehead atoms. The Morgan fingerprint density at radius 3 is 2.39 bits per heavy atom. The van der Waals surface area contributed by atoms with Crippen molar-refractivity contribution in [1.82, 2.24) is 4.98 Å². The molecule has 3 aromatic carbocycles. The fourth-order valence-electron chi connectivity index (χ4n) is 3.34. The number of hydrogen-bond acceptors (Lipinski definition) is 4. The number of aromatic nitrogens is 1. The predicted molar refractivity (Wildman–Crippen MR) is 135 cm³/mol. The molecule has 0 fully saturated rings. The van der Waals surface area contributed by atoms with Gasteiger partial charge in [-0.15, -0.1) is 17.9 Å². The third-order valence-corrected chi connectivity index (χ3v) is 5.98. The van der Waals surface area contributed by atoms with Crippen molar-refractivity contribution in [1.29, 1.82) is 0 Å². The van der Waals surface area contributed by atoms with Crippen molar-refractivity contribution in [2.24, 2.45) is 0 Å². The van der Waals surface area contributed by atoms with E-state index in [2.05, 4.69) is 16.9 Å². The Morgan fingerprint density at radius 1 is 1.00 bits per heavy atom. The minimum atomic E-state index is -0.223. The van der Waals surface area contributed by atoms with Gasteiger partial charge < -0.3 is 5.32 Å². The van der Waals surface area contributed by atoms with Gasteiger partial charge in [0.05, 0.1) is 5.69 Å². The van der Waals surface area contributed by atoms with Gasteiger partial charge in [0.1, 0.15) is 0 Å². The van der Waals surface area contributed by atoms with E-state index in [0.29, 0.717) is 28.5 Å². The number of benzene rings is 3. The number of nitrogens with one attached hydrogen (secondary N) is 1. The van der Waals surface area contributed by atoms with Crippen LogP contribution in [0.5, 0.6) is 0 Å². The second kappa shape index (κ2) is 10.1. The minimum absolute atomic E-state index is 0.209. The Hall–Kier alpha value is -4.03. The molecule has 0 saturated heterocycles. The van der Waals surface area contributed by atoms with Gasteiger partial charge in [0, 0.05) is 34.3 Å². The highest BCUT2D eigenvalue weighted by atomic mass is 32.1. The van der Waals surface area contributed by atoms with E-state index in [9.17, 15) is 9.59 Å². The maximum atomic E-state index is 13.4. The van der Waals surface area contributed by atoms with Crippen LogP contribution in [0.3, 0.4) is 0 Å². The van der Waals surface area contributed by atoms with Crippen LogP contribution in [0.15, 0.2) is 96.9 Å². The summed E-state index contributed by atoms with van der Waals surface area (Å²) in [5.74, 6) is -0.433. The first kappa shape index (κ1) is 22.2. The molecule has 4 rings (SSSR count). The molecule has 33 heavy (non-hydrogen) atoms. The van der Waals surface area contributed by atoms with Crippen LogP contribution in [-0.4, -0.2) is 23.3 Å². The topological polar surface area (TPSA) is 62.3 Å². The largest absolute Gasteiger partial charge is 0.322 e. The second-order valence-electron chi connectivity index (χ2n) is 7.44. The Kier molecular flexibility index (Phi) is 6.76. The van der Waals surface area contributed by atoms with Crippen molar-refractivity contribution in [2.45, 2.75) is 6.92 Å². The predicted octanol–water partition coefficient (Wildman–Crippen LogP) is 6.20. The fourth-order valence-corrected chi connectivity index (χ4v) is 4.18. The standard InChI is InChI=1S/C27H23N3O2S/c1-3-16-30(27-29-24(18-33-27)20-10-6-4-7-11-20)26(32)22-15-14-19(2)23(17-22)28-25(31)21-12-8-5-9-13-21/h3-15,17-18H,1,16H2,2H3,(H,28,31). The molecule has 4 aromatic rings. The van der Waals surface area contributed by atoms with Gasteiger partial charge in [0.25, 0.3) is 11.8 Å². The van der Waals surface area contributed by atoms with Gasteiger partial charge in [-0.2, -0.15) is 0 Å². The van der Waals surface area contributed by atoms with Crippen molar-refractivity contribution in [2.75, 3.05) is 16.8 Å². The van der Waals surface area contributed by atoms with E-state index in [1.165, 1.54) is 11.3 Å². The summed E-state index contributed by atoms with van der Waals surface area (Å²) < 4.78 is 0. The molecular weight excluding hydrogens is 430 g/mol. The van der Waals surface area contributed by atoms with E-state index in [1.54, 1.807) is 35.2 Å². The molecule has 1 N–H and O–H groups in total. The van der Waals surface area contributed by atoms with Crippen LogP contribution in [-0.2, 0) is 0 Å². The Morgan fingerprint density at radius 2 is 1.70 bits per heavy atom. The summed E-state index contributed by atoms with van der Waals surface area (Å²) >= 11 is 1.41. The number of aryl methyl sites for hydroxylation is 1. The van der Waals surface area contributed by atoms with E-state index >= 15 is 0 Å². The molecule has 5 nitrogen and oxygen atoms in total. The van der Waals surface area contributed by atoms with Gasteiger partial charge in [0.2, 0.25) is 0 Å². The molecule has 1 heterocycles. The van der Waals surface area contributed by atoms with Gasteiger partial charge in [0.15, 0.2) is 5.13 Å². The smallest absolute Gasteiger partial charge is 0.260 e. The van der Waals surface area contributed by atoms with E-state index in [4.69, 9.17) is 0 Å². The number of carbonyl (C=O) groups excluding carboxylic acids is 2. The lowest BCUT2D eigenvalue weighted by Crippen LogP contribution is -2.31. The molecule has 0 aliphatic carbocycles. The molecule has 0 radical (unpaired) electrons. The molecule has 164 valence electrons. The lowest BCUT2D eigenvalue weighted by Gasteiger charge is -2.19. The number of amides is 2. The van der Waals surface area contributed by atoms with Gasteiger partial charge in [-0.25, -0.2) is 4.98 Å². The molecule has 0 aliphatic rings. The number of carbonyl (C=O) groups is 2. The number of nitrogens with zero attached hydrogens (tertiary/aromatic N) is 2. The average Bonchev–Trinajstić information content (AvgIpc) is 3.34. The molecule has 0 aliphatic heterocycles. The highest BCUT2D eigenvalue weighted by Crippen LogP contribution is 2.29. The fraction of sp³-hybridized carbons (Fsp3) is 0.0741. The molecule has 1 aromatic heterocycles. The Labute approximate surface area is 197 Å². The first-order valence-electron chi connectivity index (χ1n) is 10.5. The van der Waals surface area contributed by atoms with Crippen molar-refractivity contribution in [3.05, 3.63) is 114 Å². The number of thiazole rings is 1. The molecule has 0 unspecified atom stereocenters. The third-order valence-electron chi connectivity index (χ3n) is 5.12. The van der Waals surface area contributed by atoms with Crippen LogP contribution < -0.4 is 10.2 Å². The summed E-state index contributed by atoms with van der Waals surface area (Å²) in [6.07, 6.45) is 1.67. The Bertz CT molecular complexity index is 1280. The molecule has 0 atom stereocenters. The van der Waals surface area contributed by atoms with Gasteiger partial charge in [-0.05, 0) is 36.8 Å². The van der Waals surface area contributed by atoms with Gasteiger partial charge >= 0.3 is 0 Å². The zero-order valence-corrected chi connectivity index (χ0v) is 19.0. The zero-order chi connectivity index (χ0) is 23.2. The monoisotopic (exact) mass is 453 g/mol. The van der Waals surface area contributed by atoms with E-state index < -0.39 is 0 Å². The number of anilines is 2. The Balaban J connectivity index is 1.60. The third kappa shape index (κ3) is 5.07. The normalized spacial score (nSPS) is 10.5. The number of rotatable bonds is 7. The van der Waals surface area contributed by atoms with Crippen LogP contribution in [0.1, 0.15) is 26.3 Å². The van der Waals surface area contributed by atoms with Crippen molar-refractivity contribution in [3.63, 3.8) is 0 Å². The summed E-state index contributed by atoms with van der Waals surface area (Å²) in [4.78, 5) is 32.3. The summed E-state index contributed by atoms with van der Waals surface area (Å²) in [5, 5.41) is 5.45. The highest BCUT2D eigenvalue weighted by Gasteiger charge is 2.21. The molecule has 0 spiro atoms. The average molecular weight is 454 g/mol. The molecule has 0 saturated carbocycles. The van der Waals surface area contributed by atoms with Crippen molar-refractivity contribution >= 4 is 34.0 Å². The maximum Gasteiger partial charge on any atom is 0.260 e. The first-order valence-corrected chi connectivity index (χ1v) is 11.4. The quantitative estimate of drug-likeness (QED) is 0.339. The van der Waals surface area contributed by atoms with Crippen molar-refractivity contribution in [3.8, 4) is 11.3 Å². The lowest BCUT2D eigenvalue weighted by atomic mass is 10.1. The van der Waals surface area contributed by atoms with Crippen LogP contribution in [0.25, 0.3) is 11.3 Å². The minimum Gasteiger partial charge on any atom is -0.322 e. The van der Waals surface area contributed by atoms with Gasteiger partial charge in [-0.1, -0.05) is 60.7 Å². The van der Waals surface area contributed by atoms with Crippen LogP contribution in [0.2, 0.25) is 0 Å². The lowest BCUT2D eigenvalue weighted by molar-refractivity contribution is 0.0987. The number of hydrogen-bond donors (Lipinski definition) is 1. The van der Waals surface area contributed by atoms with Gasteiger partial charge in [-0.3, -0.25) is 14.5 Å². The molecular formula is C27H23N3O2S. The second-order valence-corrected chi connectivity index (χ2v) is 8.27. The van der Waals surface area contributed by atoms with E-state index in [1.807, 2.05) is 66.9 Å². The molecule has 6 heteroatoms. The SMILES string of the molecule is C=CCN(C(=O)c1ccc(C)c(NC(=O)c2ccccc2)c1)c1nc(-c2ccccc2)cs1. The van der Waals surface area contributed by atoms with Crippen LogP contribution >= 0.6 is 11.3 Å². The molecule has 2 amide bonds. The van der Waals surface area contributed by atoms with E-state index in [-0.39, 0.29) is 11.8 Å². The van der Waals surface area contributed by atoms with Crippen molar-refractivity contribution < 1.29 is 9.59 Å². The highest BCUT2D eigenvalue weighted by molar-refractivity contribution is 7.14. The zero-order valence-electron chi connectivity index (χ0n) is 18.2. The van der Waals surface area contributed by atoms with Crippen LogP contribution in [0.4, 0.5) is 10.8 Å². The summed E-state index contributed by atoms with van der Waals surface area (Å²) in [6, 6.07) is 24.1. The first-order chi connectivity index (χ1) is 16.1. The summed E-state index contributed by atoms with van der Waals surface area (Å²) in [7, 11) is 0. The maximum absolute atomic E-state index is 13.4. The van der Waals surface area contributed by atoms with E-state index in [0.717, 1.165) is 16.8 Å². The summed E-state index contributed by atoms with van der Waals surface area (Å²) in [6.45, 7) is 6.01. The van der Waals surface area contributed by atoms with Crippen LogP contribution in [0, 0.1) is 6.92 Å². The summed E-state index contributed by atoms with van der Waals surface area (Å²) in [5.41, 5.74) is 4.29.